The molecule has 1 aromatic rings. The van der Waals surface area contributed by atoms with Crippen LogP contribution in [0.25, 0.3) is 0 Å². The first kappa shape index (κ1) is 19.8. The molecule has 28 heavy (non-hydrogen) atoms. The van der Waals surface area contributed by atoms with Gasteiger partial charge in [0.2, 0.25) is 0 Å². The fourth-order valence-electron chi connectivity index (χ4n) is 4.59. The molecule has 4 rings (SSSR count). The van der Waals surface area contributed by atoms with Crippen molar-refractivity contribution in [2.24, 2.45) is 0 Å². The molecule has 2 fully saturated rings. The largest absolute Gasteiger partial charge is 0.447 e. The Kier molecular flexibility index (Phi) is 5.71. The van der Waals surface area contributed by atoms with Crippen LogP contribution in [0.4, 0.5) is 0 Å². The summed E-state index contributed by atoms with van der Waals surface area (Å²) in [6.07, 6.45) is 1.86. The number of rotatable bonds is 5. The minimum atomic E-state index is -1.15. The van der Waals surface area contributed by atoms with Gasteiger partial charge in [0, 0.05) is 25.7 Å². The summed E-state index contributed by atoms with van der Waals surface area (Å²) in [5, 5.41) is 9.70. The van der Waals surface area contributed by atoms with Crippen molar-refractivity contribution in [2.45, 2.75) is 51.3 Å². The number of aliphatic hydroxyl groups is 1. The molecular weight excluding hydrogens is 360 g/mol. The van der Waals surface area contributed by atoms with Crippen LogP contribution in [0.2, 0.25) is 0 Å². The SMILES string of the molecule is Cc1cccc2c1OC(OC(C)N1CCCC1CO)(N1CCOCC1)CC2=O. The van der Waals surface area contributed by atoms with E-state index in [9.17, 15) is 9.90 Å². The van der Waals surface area contributed by atoms with Crippen LogP contribution in [-0.2, 0) is 9.47 Å². The molecule has 1 aromatic carbocycles. The van der Waals surface area contributed by atoms with Gasteiger partial charge in [-0.3, -0.25) is 9.69 Å². The fraction of sp³-hybridized carbons (Fsp3) is 0.667. The van der Waals surface area contributed by atoms with E-state index >= 15 is 0 Å². The van der Waals surface area contributed by atoms with Crippen LogP contribution >= 0.6 is 0 Å². The highest BCUT2D eigenvalue weighted by molar-refractivity contribution is 6.00. The van der Waals surface area contributed by atoms with E-state index in [1.165, 1.54) is 0 Å². The van der Waals surface area contributed by atoms with E-state index in [1.807, 2.05) is 32.0 Å². The molecule has 0 radical (unpaired) electrons. The molecule has 3 unspecified atom stereocenters. The van der Waals surface area contributed by atoms with Crippen LogP contribution in [0.15, 0.2) is 18.2 Å². The monoisotopic (exact) mass is 390 g/mol. The van der Waals surface area contributed by atoms with Gasteiger partial charge in [-0.15, -0.1) is 0 Å². The van der Waals surface area contributed by atoms with Crippen molar-refractivity contribution in [3.63, 3.8) is 0 Å². The molecule has 3 heterocycles. The van der Waals surface area contributed by atoms with Crippen molar-refractivity contribution in [3.8, 4) is 5.75 Å². The normalized spacial score (nSPS) is 30.1. The lowest BCUT2D eigenvalue weighted by molar-refractivity contribution is -0.321. The lowest BCUT2D eigenvalue weighted by Crippen LogP contribution is -2.63. The lowest BCUT2D eigenvalue weighted by Gasteiger charge is -2.48. The molecule has 7 heteroatoms. The number of carbonyl (C=O) groups is 1. The van der Waals surface area contributed by atoms with E-state index in [2.05, 4.69) is 9.80 Å². The molecule has 154 valence electrons. The summed E-state index contributed by atoms with van der Waals surface area (Å²) in [5.41, 5.74) is 1.54. The maximum Gasteiger partial charge on any atom is 0.282 e. The third-order valence-corrected chi connectivity index (χ3v) is 6.11. The summed E-state index contributed by atoms with van der Waals surface area (Å²) in [4.78, 5) is 17.3. The number of hydrogen-bond acceptors (Lipinski definition) is 7. The smallest absolute Gasteiger partial charge is 0.282 e. The van der Waals surface area contributed by atoms with Gasteiger partial charge in [-0.1, -0.05) is 12.1 Å². The predicted molar refractivity (Wildman–Crippen MR) is 103 cm³/mol. The van der Waals surface area contributed by atoms with Gasteiger partial charge in [0.05, 0.1) is 31.8 Å². The van der Waals surface area contributed by atoms with Crippen molar-refractivity contribution < 1.29 is 24.1 Å². The summed E-state index contributed by atoms with van der Waals surface area (Å²) in [7, 11) is 0. The van der Waals surface area contributed by atoms with Gasteiger partial charge in [-0.25, -0.2) is 4.90 Å². The van der Waals surface area contributed by atoms with Gasteiger partial charge >= 0.3 is 0 Å². The number of nitrogens with zero attached hydrogens (tertiary/aromatic N) is 2. The van der Waals surface area contributed by atoms with Crippen LogP contribution < -0.4 is 4.74 Å². The Hall–Kier alpha value is -1.51. The molecule has 2 saturated heterocycles. The predicted octanol–water partition coefficient (Wildman–Crippen LogP) is 1.77. The summed E-state index contributed by atoms with van der Waals surface area (Å²) >= 11 is 0. The first-order valence-corrected chi connectivity index (χ1v) is 10.2. The first-order chi connectivity index (χ1) is 13.5. The number of fused-ring (bicyclic) bond motifs is 1. The average Bonchev–Trinajstić information content (AvgIpc) is 3.19. The zero-order valence-electron chi connectivity index (χ0n) is 16.7. The molecule has 0 aromatic heterocycles. The Morgan fingerprint density at radius 3 is 2.86 bits per heavy atom. The number of morpholine rings is 1. The lowest BCUT2D eigenvalue weighted by atomic mass is 9.98. The van der Waals surface area contributed by atoms with Gasteiger partial charge in [0.1, 0.15) is 12.0 Å². The molecule has 0 saturated carbocycles. The van der Waals surface area contributed by atoms with Crippen LogP contribution in [0.1, 0.15) is 42.1 Å². The van der Waals surface area contributed by atoms with Crippen molar-refractivity contribution >= 4 is 5.78 Å². The molecule has 0 aliphatic carbocycles. The van der Waals surface area contributed by atoms with Gasteiger partial charge in [-0.05, 0) is 38.3 Å². The standard InChI is InChI=1S/C21H30N2O5/c1-15-5-3-7-18-19(25)13-21(28-20(15)18,22-9-11-26-12-10-22)27-16(2)23-8-4-6-17(23)14-24/h3,5,7,16-17,24H,4,6,8-14H2,1-2H3. The molecule has 0 spiro atoms. The Morgan fingerprint density at radius 1 is 1.32 bits per heavy atom. The summed E-state index contributed by atoms with van der Waals surface area (Å²) < 4.78 is 18.6. The Balaban J connectivity index is 1.66. The van der Waals surface area contributed by atoms with Gasteiger partial charge in [0.15, 0.2) is 5.78 Å². The van der Waals surface area contributed by atoms with E-state index in [0.29, 0.717) is 37.6 Å². The Morgan fingerprint density at radius 2 is 2.11 bits per heavy atom. The van der Waals surface area contributed by atoms with Crippen LogP contribution in [-0.4, -0.2) is 78.3 Å². The third kappa shape index (κ3) is 3.57. The van der Waals surface area contributed by atoms with E-state index in [4.69, 9.17) is 14.2 Å². The highest BCUT2D eigenvalue weighted by atomic mass is 16.7. The average molecular weight is 390 g/mol. The first-order valence-electron chi connectivity index (χ1n) is 10.2. The minimum absolute atomic E-state index is 0.0313. The van der Waals surface area contributed by atoms with E-state index in [1.54, 1.807) is 0 Å². The minimum Gasteiger partial charge on any atom is -0.447 e. The van der Waals surface area contributed by atoms with Crippen molar-refractivity contribution in [1.29, 1.82) is 0 Å². The van der Waals surface area contributed by atoms with E-state index in [-0.39, 0.29) is 31.1 Å². The van der Waals surface area contributed by atoms with Gasteiger partial charge in [0.25, 0.3) is 5.91 Å². The molecule has 3 atom stereocenters. The molecule has 1 N–H and O–H groups in total. The van der Waals surface area contributed by atoms with Crippen LogP contribution in [0, 0.1) is 6.92 Å². The van der Waals surface area contributed by atoms with E-state index in [0.717, 1.165) is 24.9 Å². The topological polar surface area (TPSA) is 71.5 Å². The quantitative estimate of drug-likeness (QED) is 0.821. The maximum atomic E-state index is 13.0. The zero-order valence-corrected chi connectivity index (χ0v) is 16.7. The molecule has 7 nitrogen and oxygen atoms in total. The number of aryl methyl sites for hydroxylation is 1. The molecule has 0 bridgehead atoms. The van der Waals surface area contributed by atoms with Crippen molar-refractivity contribution in [2.75, 3.05) is 39.5 Å². The maximum absolute atomic E-state index is 13.0. The van der Waals surface area contributed by atoms with Crippen molar-refractivity contribution in [1.82, 2.24) is 9.80 Å². The van der Waals surface area contributed by atoms with Gasteiger partial charge < -0.3 is 19.3 Å². The second kappa shape index (κ2) is 8.08. The number of para-hydroxylation sites is 1. The third-order valence-electron chi connectivity index (χ3n) is 6.11. The molecule has 3 aliphatic rings. The molecular formula is C21H30N2O5. The molecule has 3 aliphatic heterocycles. The number of carbonyl (C=O) groups excluding carboxylic acids is 1. The highest BCUT2D eigenvalue weighted by Gasteiger charge is 2.49. The van der Waals surface area contributed by atoms with Crippen LogP contribution in [0.3, 0.4) is 0 Å². The van der Waals surface area contributed by atoms with Gasteiger partial charge in [-0.2, -0.15) is 0 Å². The number of ketones is 1. The summed E-state index contributed by atoms with van der Waals surface area (Å²) in [5.74, 6) is -0.511. The second-order valence-electron chi connectivity index (χ2n) is 7.90. The number of aliphatic hydroxyl groups excluding tert-OH is 1. The number of likely N-dealkylation sites (tertiary alicyclic amines) is 1. The fourth-order valence-corrected chi connectivity index (χ4v) is 4.59. The summed E-state index contributed by atoms with van der Waals surface area (Å²) in [6.45, 7) is 7.37. The Bertz CT molecular complexity index is 721. The zero-order chi connectivity index (χ0) is 19.7. The number of benzene rings is 1. The van der Waals surface area contributed by atoms with Crippen molar-refractivity contribution in [3.05, 3.63) is 29.3 Å². The van der Waals surface area contributed by atoms with Crippen LogP contribution in [0.5, 0.6) is 5.75 Å². The number of ether oxygens (including phenoxy) is 3. The number of hydrogen-bond donors (Lipinski definition) is 1. The van der Waals surface area contributed by atoms with E-state index < -0.39 is 5.91 Å². The summed E-state index contributed by atoms with van der Waals surface area (Å²) in [6, 6.07) is 5.74. The highest BCUT2D eigenvalue weighted by Crippen LogP contribution is 2.40. The number of Topliss-reactive ketones (excluding diaryl/α,β-unsaturated/α-hetero) is 1. The Labute approximate surface area is 166 Å². The molecule has 0 amide bonds. The second-order valence-corrected chi connectivity index (χ2v) is 7.90.